The lowest BCUT2D eigenvalue weighted by atomic mass is 10.2. The first-order chi connectivity index (χ1) is 10.2. The summed E-state index contributed by atoms with van der Waals surface area (Å²) in [5.41, 5.74) is 2.40. The molecule has 0 atom stereocenters. The van der Waals surface area contributed by atoms with E-state index in [-0.39, 0.29) is 6.61 Å². The van der Waals surface area contributed by atoms with Gasteiger partial charge in [0.2, 0.25) is 4.96 Å². The van der Waals surface area contributed by atoms with Crippen LogP contribution in [0.4, 0.5) is 0 Å². The van der Waals surface area contributed by atoms with Crippen molar-refractivity contribution in [2.24, 2.45) is 0 Å². The highest BCUT2D eigenvalue weighted by atomic mass is 32.1. The van der Waals surface area contributed by atoms with Crippen molar-refractivity contribution in [3.63, 3.8) is 0 Å². The molecule has 3 rings (SSSR count). The quantitative estimate of drug-likeness (QED) is 0.801. The first kappa shape index (κ1) is 13.8. The summed E-state index contributed by atoms with van der Waals surface area (Å²) in [4.78, 5) is 5.17. The maximum atomic E-state index is 9.41. The van der Waals surface area contributed by atoms with Gasteiger partial charge in [0.15, 0.2) is 0 Å². The fourth-order valence-corrected chi connectivity index (χ4v) is 3.07. The van der Waals surface area contributed by atoms with Gasteiger partial charge in [0.05, 0.1) is 32.2 Å². The van der Waals surface area contributed by atoms with Crippen LogP contribution in [-0.4, -0.2) is 33.9 Å². The van der Waals surface area contributed by atoms with E-state index >= 15 is 0 Å². The third kappa shape index (κ3) is 2.34. The molecule has 1 aromatic carbocycles. The monoisotopic (exact) mass is 305 g/mol. The van der Waals surface area contributed by atoms with Gasteiger partial charge in [0.25, 0.3) is 0 Å². The number of fused-ring (bicyclic) bond motifs is 1. The molecule has 0 saturated heterocycles. The molecule has 110 valence electrons. The molecule has 0 aliphatic carbocycles. The van der Waals surface area contributed by atoms with E-state index in [0.717, 1.165) is 21.2 Å². The number of aliphatic hydroxyl groups is 1. The number of imidazole rings is 1. The predicted molar refractivity (Wildman–Crippen MR) is 80.1 cm³/mol. The molecule has 6 nitrogen and oxygen atoms in total. The van der Waals surface area contributed by atoms with Crippen molar-refractivity contribution >= 4 is 16.3 Å². The van der Waals surface area contributed by atoms with E-state index in [2.05, 4.69) is 10.1 Å². The average Bonchev–Trinajstić information content (AvgIpc) is 3.03. The predicted octanol–water partition coefficient (Wildman–Crippen LogP) is 2.28. The molecule has 3 aromatic rings. The molecule has 0 fully saturated rings. The Balaban J connectivity index is 2.13. The summed E-state index contributed by atoms with van der Waals surface area (Å²) in [6.45, 7) is 1.78. The summed E-state index contributed by atoms with van der Waals surface area (Å²) in [6.07, 6.45) is 0. The van der Waals surface area contributed by atoms with Crippen molar-refractivity contribution in [2.75, 3.05) is 14.2 Å². The largest absolute Gasteiger partial charge is 0.497 e. The van der Waals surface area contributed by atoms with Gasteiger partial charge in [-0.05, 0) is 19.1 Å². The van der Waals surface area contributed by atoms with Gasteiger partial charge in [0.1, 0.15) is 16.5 Å². The number of hydrogen-bond acceptors (Lipinski definition) is 6. The van der Waals surface area contributed by atoms with Crippen LogP contribution in [0.25, 0.3) is 15.5 Å². The summed E-state index contributed by atoms with van der Waals surface area (Å²) in [6, 6.07) is 5.60. The third-order valence-corrected chi connectivity index (χ3v) is 4.20. The van der Waals surface area contributed by atoms with Crippen LogP contribution in [0.2, 0.25) is 0 Å². The van der Waals surface area contributed by atoms with Crippen LogP contribution in [0.5, 0.6) is 11.5 Å². The second-order valence-corrected chi connectivity index (χ2v) is 5.46. The molecule has 0 amide bonds. The molecular formula is C14H15N3O3S. The van der Waals surface area contributed by atoms with Gasteiger partial charge in [-0.3, -0.25) is 0 Å². The number of rotatable bonds is 4. The summed E-state index contributed by atoms with van der Waals surface area (Å²) < 4.78 is 12.2. The maximum Gasteiger partial charge on any atom is 0.213 e. The van der Waals surface area contributed by atoms with Crippen molar-refractivity contribution in [2.45, 2.75) is 13.5 Å². The van der Waals surface area contributed by atoms with Gasteiger partial charge >= 0.3 is 0 Å². The molecule has 1 N–H and O–H groups in total. The normalized spacial score (nSPS) is 11.0. The van der Waals surface area contributed by atoms with Crippen molar-refractivity contribution in [3.8, 4) is 22.1 Å². The minimum atomic E-state index is -0.0857. The molecule has 0 aliphatic heterocycles. The molecule has 0 saturated carbocycles. The summed E-state index contributed by atoms with van der Waals surface area (Å²) in [7, 11) is 3.22. The van der Waals surface area contributed by atoms with E-state index < -0.39 is 0 Å². The topological polar surface area (TPSA) is 68.9 Å². The van der Waals surface area contributed by atoms with Gasteiger partial charge in [0, 0.05) is 11.6 Å². The van der Waals surface area contributed by atoms with Crippen LogP contribution in [-0.2, 0) is 6.61 Å². The average molecular weight is 305 g/mol. The second kappa shape index (κ2) is 5.34. The molecule has 2 aromatic heterocycles. The lowest BCUT2D eigenvalue weighted by molar-refractivity contribution is 0.273. The molecule has 0 spiro atoms. The van der Waals surface area contributed by atoms with E-state index in [1.54, 1.807) is 18.7 Å². The minimum absolute atomic E-state index is 0.0857. The lowest BCUT2D eigenvalue weighted by Gasteiger charge is -2.06. The first-order valence-corrected chi connectivity index (χ1v) is 7.17. The van der Waals surface area contributed by atoms with Crippen LogP contribution in [0.1, 0.15) is 11.4 Å². The van der Waals surface area contributed by atoms with Crippen LogP contribution < -0.4 is 9.47 Å². The standard InChI is InChI=1S/C14H15N3O3S/c1-8-12(7-18)17-14(15-8)21-13(16-17)9-4-10(19-2)6-11(5-9)20-3/h4-6,18H,7H2,1-3H3. The zero-order chi connectivity index (χ0) is 15.0. The van der Waals surface area contributed by atoms with E-state index in [1.165, 1.54) is 11.3 Å². The number of benzene rings is 1. The molecule has 0 unspecified atom stereocenters. The van der Waals surface area contributed by atoms with E-state index in [4.69, 9.17) is 9.47 Å². The van der Waals surface area contributed by atoms with E-state index in [1.807, 2.05) is 25.1 Å². The van der Waals surface area contributed by atoms with Crippen molar-refractivity contribution in [1.29, 1.82) is 0 Å². The molecular weight excluding hydrogens is 290 g/mol. The fraction of sp³-hybridized carbons (Fsp3) is 0.286. The number of aliphatic hydroxyl groups excluding tert-OH is 1. The fourth-order valence-electron chi connectivity index (χ4n) is 2.12. The molecule has 0 bridgehead atoms. The number of hydrogen-bond donors (Lipinski definition) is 1. The maximum absolute atomic E-state index is 9.41. The Morgan fingerprint density at radius 3 is 2.43 bits per heavy atom. The van der Waals surface area contributed by atoms with Crippen molar-refractivity contribution in [3.05, 3.63) is 29.6 Å². The van der Waals surface area contributed by atoms with Crippen LogP contribution in [0.15, 0.2) is 18.2 Å². The highest BCUT2D eigenvalue weighted by Crippen LogP contribution is 2.32. The van der Waals surface area contributed by atoms with E-state index in [9.17, 15) is 5.11 Å². The number of ether oxygens (including phenoxy) is 2. The SMILES string of the molecule is COc1cc(OC)cc(-c2nn3c(CO)c(C)nc3s2)c1. The Kier molecular flexibility index (Phi) is 3.52. The van der Waals surface area contributed by atoms with Crippen molar-refractivity contribution < 1.29 is 14.6 Å². The first-order valence-electron chi connectivity index (χ1n) is 6.35. The Bertz CT molecular complexity index is 772. The third-order valence-electron chi connectivity index (χ3n) is 3.24. The van der Waals surface area contributed by atoms with Crippen LogP contribution in [0, 0.1) is 6.92 Å². The number of nitrogens with zero attached hydrogens (tertiary/aromatic N) is 3. The Morgan fingerprint density at radius 2 is 1.86 bits per heavy atom. The summed E-state index contributed by atoms with van der Waals surface area (Å²) >= 11 is 1.46. The molecule has 2 heterocycles. The van der Waals surface area contributed by atoms with Gasteiger partial charge in [-0.1, -0.05) is 11.3 Å². The van der Waals surface area contributed by atoms with Gasteiger partial charge in [-0.25, -0.2) is 9.50 Å². The minimum Gasteiger partial charge on any atom is -0.497 e. The molecule has 0 radical (unpaired) electrons. The van der Waals surface area contributed by atoms with Crippen LogP contribution in [0.3, 0.4) is 0 Å². The summed E-state index contributed by atoms with van der Waals surface area (Å²) in [5, 5.41) is 14.7. The Hall–Kier alpha value is -2.12. The van der Waals surface area contributed by atoms with E-state index in [0.29, 0.717) is 17.2 Å². The Labute approximate surface area is 125 Å². The van der Waals surface area contributed by atoms with Gasteiger partial charge < -0.3 is 14.6 Å². The van der Waals surface area contributed by atoms with Crippen molar-refractivity contribution in [1.82, 2.24) is 14.6 Å². The Morgan fingerprint density at radius 1 is 1.19 bits per heavy atom. The lowest BCUT2D eigenvalue weighted by Crippen LogP contribution is -1.95. The highest BCUT2D eigenvalue weighted by Gasteiger charge is 2.15. The zero-order valence-electron chi connectivity index (χ0n) is 12.0. The smallest absolute Gasteiger partial charge is 0.213 e. The molecule has 7 heteroatoms. The second-order valence-electron chi connectivity index (χ2n) is 4.50. The number of aromatic nitrogens is 3. The number of aryl methyl sites for hydroxylation is 1. The van der Waals surface area contributed by atoms with Gasteiger partial charge in [-0.15, -0.1) is 0 Å². The highest BCUT2D eigenvalue weighted by molar-refractivity contribution is 7.19. The zero-order valence-corrected chi connectivity index (χ0v) is 12.8. The van der Waals surface area contributed by atoms with Gasteiger partial charge in [-0.2, -0.15) is 5.10 Å². The summed E-state index contributed by atoms with van der Waals surface area (Å²) in [5.74, 6) is 1.41. The van der Waals surface area contributed by atoms with Crippen LogP contribution >= 0.6 is 11.3 Å². The molecule has 0 aliphatic rings. The number of methoxy groups -OCH3 is 2. The molecule has 21 heavy (non-hydrogen) atoms.